The summed E-state index contributed by atoms with van der Waals surface area (Å²) in [7, 11) is 0. The van der Waals surface area contributed by atoms with E-state index in [9.17, 15) is 18.0 Å². The minimum atomic E-state index is -4.61. The molecule has 3 heterocycles. The molecule has 12 heteroatoms. The van der Waals surface area contributed by atoms with Crippen LogP contribution in [0.15, 0.2) is 34.9 Å². The lowest BCUT2D eigenvalue weighted by Gasteiger charge is -2.23. The van der Waals surface area contributed by atoms with Gasteiger partial charge in [0.2, 0.25) is 0 Å². The number of hydrogen-bond donors (Lipinski definition) is 0. The van der Waals surface area contributed by atoms with Gasteiger partial charge in [-0.3, -0.25) is 9.63 Å². The summed E-state index contributed by atoms with van der Waals surface area (Å²) in [5, 5.41) is 5.05. The second-order valence-electron chi connectivity index (χ2n) is 7.62. The van der Waals surface area contributed by atoms with Crippen LogP contribution in [-0.2, 0) is 11.0 Å². The third kappa shape index (κ3) is 4.95. The second-order valence-corrected chi connectivity index (χ2v) is 7.62. The molecule has 1 aliphatic heterocycles. The summed E-state index contributed by atoms with van der Waals surface area (Å²) >= 11 is 0. The van der Waals surface area contributed by atoms with E-state index in [4.69, 9.17) is 9.36 Å². The number of halogens is 3. The highest BCUT2D eigenvalue weighted by Crippen LogP contribution is 2.30. The standard InChI is InChI=1S/C21H21F3N6O3/c1-12-11-29(20(31)16-7-5-4-6-15(16)19-27-14(3)28-32-19)8-9-30(33-12)18-10-17(21(22,23)24)25-13(2)26-18/h4-7,10,12H,8-9,11H2,1-3H3/t12-/m0/s1. The van der Waals surface area contributed by atoms with Crippen molar-refractivity contribution >= 4 is 11.7 Å². The Kier molecular flexibility index (Phi) is 6.02. The first-order chi connectivity index (χ1) is 15.6. The van der Waals surface area contributed by atoms with Crippen molar-refractivity contribution in [3.8, 4) is 11.5 Å². The van der Waals surface area contributed by atoms with Gasteiger partial charge in [-0.25, -0.2) is 15.0 Å². The molecular formula is C21H21F3N6O3. The van der Waals surface area contributed by atoms with E-state index in [2.05, 4.69) is 20.1 Å². The van der Waals surface area contributed by atoms with Crippen LogP contribution in [0, 0.1) is 13.8 Å². The number of aromatic nitrogens is 4. The Hall–Kier alpha value is -3.54. The summed E-state index contributed by atoms with van der Waals surface area (Å²) < 4.78 is 44.8. The van der Waals surface area contributed by atoms with E-state index >= 15 is 0 Å². The summed E-state index contributed by atoms with van der Waals surface area (Å²) in [6.45, 7) is 5.33. The fourth-order valence-corrected chi connectivity index (χ4v) is 3.53. The maximum atomic E-state index is 13.4. The number of hydroxylamine groups is 1. The summed E-state index contributed by atoms with van der Waals surface area (Å²) in [4.78, 5) is 32.5. The Bertz CT molecular complexity index is 1170. The van der Waals surface area contributed by atoms with Crippen LogP contribution < -0.4 is 5.06 Å². The number of anilines is 1. The lowest BCUT2D eigenvalue weighted by Crippen LogP contribution is -2.37. The van der Waals surface area contributed by atoms with Crippen molar-refractivity contribution < 1.29 is 27.3 Å². The first-order valence-corrected chi connectivity index (χ1v) is 10.2. The van der Waals surface area contributed by atoms with E-state index in [0.29, 0.717) is 17.0 Å². The van der Waals surface area contributed by atoms with Gasteiger partial charge in [-0.15, -0.1) is 0 Å². The number of nitrogens with zero attached hydrogens (tertiary/aromatic N) is 6. The molecule has 9 nitrogen and oxygen atoms in total. The number of hydrogen-bond acceptors (Lipinski definition) is 8. The molecule has 0 bridgehead atoms. The zero-order valence-electron chi connectivity index (χ0n) is 18.1. The number of carbonyl (C=O) groups is 1. The molecule has 0 N–H and O–H groups in total. The predicted octanol–water partition coefficient (Wildman–Crippen LogP) is 3.44. The molecule has 174 valence electrons. The Balaban J connectivity index is 1.58. The summed E-state index contributed by atoms with van der Waals surface area (Å²) in [5.74, 6) is 0.342. The maximum absolute atomic E-state index is 13.4. The lowest BCUT2D eigenvalue weighted by molar-refractivity contribution is -0.141. The smallest absolute Gasteiger partial charge is 0.334 e. The molecule has 0 saturated carbocycles. The summed E-state index contributed by atoms with van der Waals surface area (Å²) in [6.07, 6.45) is -5.11. The third-order valence-corrected chi connectivity index (χ3v) is 4.93. The van der Waals surface area contributed by atoms with E-state index in [1.54, 1.807) is 43.0 Å². The van der Waals surface area contributed by atoms with Crippen LogP contribution >= 0.6 is 0 Å². The summed E-state index contributed by atoms with van der Waals surface area (Å²) in [6, 6.07) is 7.70. The molecule has 1 aromatic carbocycles. The van der Waals surface area contributed by atoms with Gasteiger partial charge in [0.05, 0.1) is 17.7 Å². The molecule has 4 rings (SSSR count). The van der Waals surface area contributed by atoms with Gasteiger partial charge in [0, 0.05) is 19.2 Å². The quantitative estimate of drug-likeness (QED) is 0.584. The van der Waals surface area contributed by atoms with Gasteiger partial charge in [-0.2, -0.15) is 18.2 Å². The molecule has 0 spiro atoms. The van der Waals surface area contributed by atoms with Crippen LogP contribution in [0.2, 0.25) is 0 Å². The number of aryl methyl sites for hydroxylation is 2. The molecular weight excluding hydrogens is 441 g/mol. The van der Waals surface area contributed by atoms with Gasteiger partial charge in [0.25, 0.3) is 11.8 Å². The molecule has 1 atom stereocenters. The van der Waals surface area contributed by atoms with E-state index in [-0.39, 0.29) is 43.1 Å². The molecule has 0 unspecified atom stereocenters. The molecule has 0 radical (unpaired) electrons. The van der Waals surface area contributed by atoms with E-state index in [0.717, 1.165) is 6.07 Å². The first-order valence-electron chi connectivity index (χ1n) is 10.2. The number of carbonyl (C=O) groups excluding carboxylic acids is 1. The highest BCUT2D eigenvalue weighted by atomic mass is 19.4. The van der Waals surface area contributed by atoms with Gasteiger partial charge >= 0.3 is 6.18 Å². The van der Waals surface area contributed by atoms with Crippen molar-refractivity contribution in [2.24, 2.45) is 0 Å². The van der Waals surface area contributed by atoms with Crippen molar-refractivity contribution in [1.82, 2.24) is 25.0 Å². The number of benzene rings is 1. The van der Waals surface area contributed by atoms with Crippen LogP contribution in [-0.4, -0.2) is 56.7 Å². The van der Waals surface area contributed by atoms with Gasteiger partial charge < -0.3 is 9.42 Å². The molecule has 33 heavy (non-hydrogen) atoms. The zero-order chi connectivity index (χ0) is 23.8. The van der Waals surface area contributed by atoms with Crippen LogP contribution in [0.3, 0.4) is 0 Å². The molecule has 1 saturated heterocycles. The normalized spacial score (nSPS) is 17.2. The van der Waals surface area contributed by atoms with E-state index in [1.807, 2.05) is 0 Å². The topological polar surface area (TPSA) is 97.5 Å². The predicted molar refractivity (Wildman–Crippen MR) is 110 cm³/mol. The molecule has 3 aromatic rings. The third-order valence-electron chi connectivity index (χ3n) is 4.93. The highest BCUT2D eigenvalue weighted by Gasteiger charge is 2.35. The Labute approximate surface area is 187 Å². The van der Waals surface area contributed by atoms with Crippen molar-refractivity contribution in [2.45, 2.75) is 33.1 Å². The molecule has 2 aromatic heterocycles. The zero-order valence-corrected chi connectivity index (χ0v) is 18.1. The minimum Gasteiger partial charge on any atom is -0.334 e. The van der Waals surface area contributed by atoms with Gasteiger partial charge in [-0.1, -0.05) is 17.3 Å². The molecule has 1 fully saturated rings. The van der Waals surface area contributed by atoms with E-state index < -0.39 is 18.0 Å². The van der Waals surface area contributed by atoms with Gasteiger partial charge in [0.1, 0.15) is 17.6 Å². The molecule has 1 amide bonds. The Morgan fingerprint density at radius 1 is 1.09 bits per heavy atom. The van der Waals surface area contributed by atoms with Crippen molar-refractivity contribution in [3.63, 3.8) is 0 Å². The monoisotopic (exact) mass is 462 g/mol. The van der Waals surface area contributed by atoms with Gasteiger partial charge in [-0.05, 0) is 32.9 Å². The second kappa shape index (κ2) is 8.77. The van der Waals surface area contributed by atoms with Gasteiger partial charge in [0.15, 0.2) is 11.6 Å². The number of amides is 1. The largest absolute Gasteiger partial charge is 0.433 e. The first kappa shape index (κ1) is 22.6. The summed E-state index contributed by atoms with van der Waals surface area (Å²) in [5.41, 5.74) is -0.180. The number of rotatable bonds is 3. The molecule has 0 aliphatic carbocycles. The van der Waals surface area contributed by atoms with Crippen LogP contribution in [0.4, 0.5) is 19.0 Å². The van der Waals surface area contributed by atoms with Crippen LogP contribution in [0.25, 0.3) is 11.5 Å². The Morgan fingerprint density at radius 3 is 2.55 bits per heavy atom. The van der Waals surface area contributed by atoms with Crippen molar-refractivity contribution in [1.29, 1.82) is 0 Å². The van der Waals surface area contributed by atoms with Crippen molar-refractivity contribution in [3.05, 3.63) is 53.2 Å². The average Bonchev–Trinajstić information content (AvgIpc) is 3.09. The SMILES string of the molecule is Cc1nc(N2CCN(C(=O)c3ccccc3-c3nc(C)no3)C[C@H](C)O2)cc(C(F)(F)F)n1. The van der Waals surface area contributed by atoms with Crippen LogP contribution in [0.1, 0.15) is 34.6 Å². The minimum absolute atomic E-state index is 0.0160. The highest BCUT2D eigenvalue weighted by molar-refractivity contribution is 6.00. The van der Waals surface area contributed by atoms with E-state index in [1.165, 1.54) is 12.0 Å². The lowest BCUT2D eigenvalue weighted by atomic mass is 10.1. The fourth-order valence-electron chi connectivity index (χ4n) is 3.53. The van der Waals surface area contributed by atoms with Crippen LogP contribution in [0.5, 0.6) is 0 Å². The van der Waals surface area contributed by atoms with Crippen molar-refractivity contribution in [2.75, 3.05) is 24.7 Å². The number of alkyl halides is 3. The average molecular weight is 462 g/mol. The maximum Gasteiger partial charge on any atom is 0.433 e. The Morgan fingerprint density at radius 2 is 1.85 bits per heavy atom. The fraction of sp³-hybridized carbons (Fsp3) is 0.381. The molecule has 1 aliphatic rings.